The van der Waals surface area contributed by atoms with E-state index in [-0.39, 0.29) is 30.9 Å². The van der Waals surface area contributed by atoms with Crippen molar-refractivity contribution in [1.82, 2.24) is 4.90 Å². The van der Waals surface area contributed by atoms with Crippen LogP contribution in [0.2, 0.25) is 0 Å². The van der Waals surface area contributed by atoms with E-state index < -0.39 is 0 Å². The van der Waals surface area contributed by atoms with Gasteiger partial charge in [0.1, 0.15) is 12.3 Å². The van der Waals surface area contributed by atoms with Crippen LogP contribution in [0.15, 0.2) is 42.5 Å². The van der Waals surface area contributed by atoms with Crippen LogP contribution in [0.25, 0.3) is 0 Å². The fraction of sp³-hybridized carbons (Fsp3) is 0.318. The third kappa shape index (κ3) is 3.81. The summed E-state index contributed by atoms with van der Waals surface area (Å²) in [5.74, 6) is -0.146. The topological polar surface area (TPSA) is 79.0 Å². The van der Waals surface area contributed by atoms with E-state index in [0.29, 0.717) is 22.7 Å². The summed E-state index contributed by atoms with van der Waals surface area (Å²) in [6, 6.07) is 12.5. The Balaban J connectivity index is 1.55. The number of anilines is 2. The van der Waals surface area contributed by atoms with Gasteiger partial charge in [-0.05, 0) is 43.5 Å². The normalized spacial score (nSPS) is 15.7. The van der Waals surface area contributed by atoms with Crippen LogP contribution in [0.1, 0.15) is 28.8 Å². The number of nitrogens with one attached hydrogen (secondary N) is 1. The average Bonchev–Trinajstić information content (AvgIpc) is 3.26. The van der Waals surface area contributed by atoms with Crippen molar-refractivity contribution in [2.75, 3.05) is 36.5 Å². The van der Waals surface area contributed by atoms with Crippen molar-refractivity contribution < 1.29 is 19.1 Å². The predicted octanol–water partition coefficient (Wildman–Crippen LogP) is 2.60. The Labute approximate surface area is 169 Å². The molecule has 7 heteroatoms. The van der Waals surface area contributed by atoms with Crippen molar-refractivity contribution in [3.63, 3.8) is 0 Å². The van der Waals surface area contributed by atoms with Gasteiger partial charge in [-0.1, -0.05) is 24.3 Å². The number of benzene rings is 2. The Morgan fingerprint density at radius 3 is 2.62 bits per heavy atom. The van der Waals surface area contributed by atoms with Gasteiger partial charge in [-0.3, -0.25) is 19.3 Å². The van der Waals surface area contributed by atoms with Crippen LogP contribution >= 0.6 is 0 Å². The molecule has 1 N–H and O–H groups in total. The highest BCUT2D eigenvalue weighted by Crippen LogP contribution is 2.31. The van der Waals surface area contributed by atoms with Crippen LogP contribution in [0.5, 0.6) is 5.75 Å². The molecule has 0 atom stereocenters. The average molecular weight is 393 g/mol. The molecule has 29 heavy (non-hydrogen) atoms. The molecule has 0 bridgehead atoms. The van der Waals surface area contributed by atoms with Gasteiger partial charge >= 0.3 is 0 Å². The maximum atomic E-state index is 12.9. The Morgan fingerprint density at radius 2 is 1.83 bits per heavy atom. The number of hydrogen-bond acceptors (Lipinski definition) is 4. The molecule has 2 heterocycles. The van der Waals surface area contributed by atoms with Gasteiger partial charge in [-0.25, -0.2) is 0 Å². The number of carbonyl (C=O) groups is 3. The summed E-state index contributed by atoms with van der Waals surface area (Å²) >= 11 is 0. The molecule has 3 amide bonds. The van der Waals surface area contributed by atoms with Crippen molar-refractivity contribution in [1.29, 1.82) is 0 Å². The summed E-state index contributed by atoms with van der Waals surface area (Å²) in [6.45, 7) is 3.07. The van der Waals surface area contributed by atoms with Gasteiger partial charge in [-0.2, -0.15) is 0 Å². The number of amides is 3. The molecular formula is C22H23N3O4. The number of carbonyl (C=O) groups excluding carboxylic acids is 3. The number of para-hydroxylation sites is 3. The van der Waals surface area contributed by atoms with Crippen molar-refractivity contribution in [3.05, 3.63) is 53.6 Å². The fourth-order valence-electron chi connectivity index (χ4n) is 3.75. The maximum Gasteiger partial charge on any atom is 0.265 e. The van der Waals surface area contributed by atoms with Gasteiger partial charge in [0.05, 0.1) is 16.9 Å². The van der Waals surface area contributed by atoms with Crippen molar-refractivity contribution in [2.24, 2.45) is 0 Å². The lowest BCUT2D eigenvalue weighted by Crippen LogP contribution is -2.43. The molecule has 150 valence electrons. The highest BCUT2D eigenvalue weighted by Gasteiger charge is 2.28. The molecule has 1 fully saturated rings. The van der Waals surface area contributed by atoms with E-state index in [0.717, 1.165) is 31.5 Å². The minimum Gasteiger partial charge on any atom is -0.482 e. The summed E-state index contributed by atoms with van der Waals surface area (Å²) < 4.78 is 5.42. The largest absolute Gasteiger partial charge is 0.482 e. The van der Waals surface area contributed by atoms with Crippen LogP contribution in [0.3, 0.4) is 0 Å². The first-order chi connectivity index (χ1) is 14.0. The van der Waals surface area contributed by atoms with E-state index in [9.17, 15) is 14.4 Å². The molecule has 0 unspecified atom stereocenters. The van der Waals surface area contributed by atoms with Gasteiger partial charge in [-0.15, -0.1) is 0 Å². The lowest BCUT2D eigenvalue weighted by atomic mass is 10.1. The quantitative estimate of drug-likeness (QED) is 0.866. The Morgan fingerprint density at radius 1 is 1.07 bits per heavy atom. The highest BCUT2D eigenvalue weighted by molar-refractivity contribution is 6.08. The molecule has 4 rings (SSSR count). The summed E-state index contributed by atoms with van der Waals surface area (Å²) in [7, 11) is 0. The second-order valence-corrected chi connectivity index (χ2v) is 7.28. The summed E-state index contributed by atoms with van der Waals surface area (Å²) in [6.07, 6.45) is 2.00. The molecular weight excluding hydrogens is 370 g/mol. The lowest BCUT2D eigenvalue weighted by Gasteiger charge is -2.29. The second-order valence-electron chi connectivity index (χ2n) is 7.28. The second kappa shape index (κ2) is 7.95. The molecule has 2 aliphatic heterocycles. The molecule has 2 aliphatic rings. The van der Waals surface area contributed by atoms with E-state index in [4.69, 9.17) is 4.74 Å². The van der Waals surface area contributed by atoms with Gasteiger partial charge in [0.15, 0.2) is 6.61 Å². The van der Waals surface area contributed by atoms with Gasteiger partial charge in [0, 0.05) is 13.1 Å². The molecule has 0 radical (unpaired) electrons. The number of fused-ring (bicyclic) bond motifs is 1. The van der Waals surface area contributed by atoms with Crippen LogP contribution in [-0.4, -0.2) is 48.9 Å². The standard InChI is InChI=1S/C22H23N3O4/c1-15-7-6-8-16(22(28)24-11-4-5-12-24)21(15)23-19(26)13-25-17-9-2-3-10-18(17)29-14-20(25)27/h2-3,6-10H,4-5,11-14H2,1H3,(H,23,26). The minimum absolute atomic E-state index is 0.0747. The molecule has 0 saturated carbocycles. The first kappa shape index (κ1) is 19.0. The van der Waals surface area contributed by atoms with E-state index in [1.54, 1.807) is 24.3 Å². The van der Waals surface area contributed by atoms with Crippen molar-refractivity contribution in [2.45, 2.75) is 19.8 Å². The third-order valence-electron chi connectivity index (χ3n) is 5.27. The number of rotatable bonds is 4. The smallest absolute Gasteiger partial charge is 0.265 e. The van der Waals surface area contributed by atoms with Crippen LogP contribution < -0.4 is 15.0 Å². The zero-order valence-corrected chi connectivity index (χ0v) is 16.3. The summed E-state index contributed by atoms with van der Waals surface area (Å²) in [5.41, 5.74) is 2.35. The van der Waals surface area contributed by atoms with E-state index in [1.807, 2.05) is 30.0 Å². The minimum atomic E-state index is -0.361. The van der Waals surface area contributed by atoms with Gasteiger partial charge in [0.2, 0.25) is 5.91 Å². The Bertz CT molecular complexity index is 966. The van der Waals surface area contributed by atoms with E-state index >= 15 is 0 Å². The summed E-state index contributed by atoms with van der Waals surface area (Å²) in [4.78, 5) is 41.3. The predicted molar refractivity (Wildman–Crippen MR) is 109 cm³/mol. The monoisotopic (exact) mass is 393 g/mol. The van der Waals surface area contributed by atoms with Crippen molar-refractivity contribution >= 4 is 29.1 Å². The number of nitrogens with zero attached hydrogens (tertiary/aromatic N) is 2. The van der Waals surface area contributed by atoms with Crippen molar-refractivity contribution in [3.8, 4) is 5.75 Å². The Hall–Kier alpha value is -3.35. The van der Waals surface area contributed by atoms with Gasteiger partial charge < -0.3 is 15.0 Å². The molecule has 0 aromatic heterocycles. The molecule has 0 aliphatic carbocycles. The zero-order chi connectivity index (χ0) is 20.4. The van der Waals surface area contributed by atoms with Gasteiger partial charge in [0.25, 0.3) is 11.8 Å². The number of hydrogen-bond donors (Lipinski definition) is 1. The zero-order valence-electron chi connectivity index (χ0n) is 16.3. The molecule has 2 aromatic carbocycles. The number of aryl methyl sites for hydroxylation is 1. The molecule has 0 spiro atoms. The van der Waals surface area contributed by atoms with Crippen LogP contribution in [0.4, 0.5) is 11.4 Å². The molecule has 2 aromatic rings. The number of likely N-dealkylation sites (tertiary alicyclic amines) is 1. The van der Waals surface area contributed by atoms with E-state index in [1.165, 1.54) is 4.90 Å². The van der Waals surface area contributed by atoms with Crippen LogP contribution in [-0.2, 0) is 9.59 Å². The first-order valence-electron chi connectivity index (χ1n) is 9.75. The fourth-order valence-corrected chi connectivity index (χ4v) is 3.75. The van der Waals surface area contributed by atoms with Crippen LogP contribution in [0, 0.1) is 6.92 Å². The highest BCUT2D eigenvalue weighted by atomic mass is 16.5. The maximum absolute atomic E-state index is 12.9. The molecule has 7 nitrogen and oxygen atoms in total. The lowest BCUT2D eigenvalue weighted by molar-refractivity contribution is -0.123. The number of ether oxygens (including phenoxy) is 1. The first-order valence-corrected chi connectivity index (χ1v) is 9.75. The Kier molecular flexibility index (Phi) is 5.20. The molecule has 1 saturated heterocycles. The van der Waals surface area contributed by atoms with E-state index in [2.05, 4.69) is 5.32 Å². The summed E-state index contributed by atoms with van der Waals surface area (Å²) in [5, 5.41) is 2.86. The SMILES string of the molecule is Cc1cccc(C(=O)N2CCCC2)c1NC(=O)CN1C(=O)COc2ccccc21. The third-order valence-corrected chi connectivity index (χ3v) is 5.27.